The van der Waals surface area contributed by atoms with Crippen LogP contribution in [0.1, 0.15) is 37.5 Å². The lowest BCUT2D eigenvalue weighted by Crippen LogP contribution is -2.38. The van der Waals surface area contributed by atoms with Crippen LogP contribution < -0.4 is 16.0 Å². The highest BCUT2D eigenvalue weighted by Crippen LogP contribution is 2.13. The first-order chi connectivity index (χ1) is 14.7. The SMILES string of the molecule is CN=C(NCCc1ccc(NC(=O)OC(C)(C)C)cc1)NCc1cc(C#N)ccc1F.I. The fourth-order valence-electron chi connectivity index (χ4n) is 2.68. The molecule has 0 fully saturated rings. The minimum atomic E-state index is -0.549. The lowest BCUT2D eigenvalue weighted by atomic mass is 10.1. The molecule has 0 atom stereocenters. The standard InChI is InChI=1S/C23H28FN5O2.HI/c1-23(2,3)31-22(30)29-19-8-5-16(6-9-19)11-12-27-21(26-4)28-15-18-13-17(14-25)7-10-20(18)24;/h5-10,13H,11-12,15H2,1-4H3,(H,29,30)(H2,26,27,28);1H. The van der Waals surface area contributed by atoms with Crippen molar-refractivity contribution in [3.8, 4) is 6.07 Å². The third kappa shape index (κ3) is 9.51. The molecule has 0 radical (unpaired) electrons. The highest BCUT2D eigenvalue weighted by Gasteiger charge is 2.16. The number of hydrogen-bond acceptors (Lipinski definition) is 4. The number of halogens is 2. The number of nitrogens with zero attached hydrogens (tertiary/aromatic N) is 2. The first-order valence-electron chi connectivity index (χ1n) is 9.92. The number of benzene rings is 2. The summed E-state index contributed by atoms with van der Waals surface area (Å²) in [4.78, 5) is 15.9. The van der Waals surface area contributed by atoms with E-state index in [1.807, 2.05) is 51.1 Å². The van der Waals surface area contributed by atoms with E-state index >= 15 is 0 Å². The summed E-state index contributed by atoms with van der Waals surface area (Å²) in [5.41, 5.74) is 1.99. The molecule has 0 aromatic heterocycles. The van der Waals surface area contributed by atoms with E-state index in [1.165, 1.54) is 18.2 Å². The summed E-state index contributed by atoms with van der Waals surface area (Å²) in [7, 11) is 1.63. The van der Waals surface area contributed by atoms with Gasteiger partial charge in [0.05, 0.1) is 11.6 Å². The molecule has 2 aromatic carbocycles. The first-order valence-corrected chi connectivity index (χ1v) is 9.92. The number of carbonyl (C=O) groups is 1. The zero-order valence-corrected chi connectivity index (χ0v) is 21.0. The number of guanidine groups is 1. The lowest BCUT2D eigenvalue weighted by Gasteiger charge is -2.19. The van der Waals surface area contributed by atoms with Gasteiger partial charge in [-0.15, -0.1) is 24.0 Å². The van der Waals surface area contributed by atoms with Crippen molar-refractivity contribution in [3.63, 3.8) is 0 Å². The van der Waals surface area contributed by atoms with Crippen molar-refractivity contribution in [1.82, 2.24) is 10.6 Å². The maximum atomic E-state index is 13.9. The number of anilines is 1. The van der Waals surface area contributed by atoms with Crippen LogP contribution in [-0.2, 0) is 17.7 Å². The second-order valence-electron chi connectivity index (χ2n) is 7.84. The van der Waals surface area contributed by atoms with Gasteiger partial charge in [0.25, 0.3) is 0 Å². The summed E-state index contributed by atoms with van der Waals surface area (Å²) in [6.45, 7) is 6.26. The molecule has 172 valence electrons. The number of ether oxygens (including phenoxy) is 1. The van der Waals surface area contributed by atoms with Crippen LogP contribution in [0.2, 0.25) is 0 Å². The lowest BCUT2D eigenvalue weighted by molar-refractivity contribution is 0.0636. The summed E-state index contributed by atoms with van der Waals surface area (Å²) in [5, 5.41) is 17.9. The Bertz CT molecular complexity index is 966. The van der Waals surface area contributed by atoms with E-state index in [0.29, 0.717) is 29.3 Å². The van der Waals surface area contributed by atoms with Crippen LogP contribution in [0.3, 0.4) is 0 Å². The summed E-state index contributed by atoms with van der Waals surface area (Å²) in [5.74, 6) is 0.159. The highest BCUT2D eigenvalue weighted by molar-refractivity contribution is 14.0. The number of nitriles is 1. The molecule has 0 unspecified atom stereocenters. The number of hydrogen-bond donors (Lipinski definition) is 3. The van der Waals surface area contributed by atoms with Gasteiger partial charge in [-0.05, 0) is 63.1 Å². The molecule has 0 aliphatic heterocycles. The molecule has 0 heterocycles. The van der Waals surface area contributed by atoms with Crippen molar-refractivity contribution in [2.45, 2.75) is 39.3 Å². The van der Waals surface area contributed by atoms with E-state index in [4.69, 9.17) is 10.00 Å². The normalized spacial score (nSPS) is 11.1. The van der Waals surface area contributed by atoms with Crippen LogP contribution in [0.5, 0.6) is 0 Å². The predicted octanol–water partition coefficient (Wildman–Crippen LogP) is 4.57. The van der Waals surface area contributed by atoms with Crippen LogP contribution >= 0.6 is 24.0 Å². The van der Waals surface area contributed by atoms with Gasteiger partial charge in [0, 0.05) is 31.4 Å². The van der Waals surface area contributed by atoms with Gasteiger partial charge in [-0.25, -0.2) is 9.18 Å². The molecule has 9 heteroatoms. The molecule has 0 saturated carbocycles. The number of nitrogens with one attached hydrogen (secondary N) is 3. The van der Waals surface area contributed by atoms with Crippen LogP contribution in [0, 0.1) is 17.1 Å². The second kappa shape index (κ2) is 12.9. The van der Waals surface area contributed by atoms with Gasteiger partial charge >= 0.3 is 6.09 Å². The van der Waals surface area contributed by atoms with Crippen LogP contribution in [0.25, 0.3) is 0 Å². The summed E-state index contributed by atoms with van der Waals surface area (Å²) in [6, 6.07) is 13.7. The molecule has 1 amide bonds. The van der Waals surface area contributed by atoms with E-state index in [2.05, 4.69) is 20.9 Å². The zero-order chi connectivity index (χ0) is 22.9. The molecule has 0 saturated heterocycles. The summed E-state index contributed by atoms with van der Waals surface area (Å²) in [6.07, 6.45) is 0.236. The molecule has 2 rings (SSSR count). The van der Waals surface area contributed by atoms with Crippen molar-refractivity contribution in [2.24, 2.45) is 4.99 Å². The second-order valence-corrected chi connectivity index (χ2v) is 7.84. The van der Waals surface area contributed by atoms with Gasteiger partial charge < -0.3 is 15.4 Å². The van der Waals surface area contributed by atoms with Gasteiger partial charge in [-0.3, -0.25) is 10.3 Å². The Morgan fingerprint density at radius 1 is 1.16 bits per heavy atom. The maximum absolute atomic E-state index is 13.9. The van der Waals surface area contributed by atoms with Gasteiger partial charge in [0.2, 0.25) is 0 Å². The Balaban J connectivity index is 0.00000512. The molecule has 3 N–H and O–H groups in total. The molecule has 0 aliphatic rings. The predicted molar refractivity (Wildman–Crippen MR) is 135 cm³/mol. The molecule has 2 aromatic rings. The number of amides is 1. The average molecular weight is 553 g/mol. The van der Waals surface area contributed by atoms with Crippen LogP contribution in [0.15, 0.2) is 47.5 Å². The van der Waals surface area contributed by atoms with Crippen molar-refractivity contribution in [2.75, 3.05) is 18.9 Å². The van der Waals surface area contributed by atoms with Gasteiger partial charge in [-0.2, -0.15) is 5.26 Å². The summed E-state index contributed by atoms with van der Waals surface area (Å²) >= 11 is 0. The Morgan fingerprint density at radius 2 is 1.84 bits per heavy atom. The first kappa shape index (κ1) is 27.2. The number of carbonyl (C=O) groups excluding carboxylic acids is 1. The maximum Gasteiger partial charge on any atom is 0.412 e. The Kier molecular flexibility index (Phi) is 10.9. The largest absolute Gasteiger partial charge is 0.444 e. The fourth-order valence-corrected chi connectivity index (χ4v) is 2.68. The molecule has 0 spiro atoms. The van der Waals surface area contributed by atoms with Crippen molar-refractivity contribution in [1.29, 1.82) is 5.26 Å². The third-order valence-electron chi connectivity index (χ3n) is 4.15. The fraction of sp³-hybridized carbons (Fsp3) is 0.348. The molecule has 7 nitrogen and oxygen atoms in total. The third-order valence-corrected chi connectivity index (χ3v) is 4.15. The smallest absolute Gasteiger partial charge is 0.412 e. The number of aliphatic imine (C=N–C) groups is 1. The van der Waals surface area contributed by atoms with Crippen LogP contribution in [0.4, 0.5) is 14.9 Å². The monoisotopic (exact) mass is 553 g/mol. The van der Waals surface area contributed by atoms with Crippen molar-refractivity contribution >= 4 is 41.7 Å². The quantitative estimate of drug-likeness (QED) is 0.277. The Hall–Kier alpha value is -2.87. The minimum absolute atomic E-state index is 0. The van der Waals surface area contributed by atoms with Gasteiger partial charge in [-0.1, -0.05) is 12.1 Å². The Labute approximate surface area is 205 Å². The summed E-state index contributed by atoms with van der Waals surface area (Å²) < 4.78 is 19.1. The van der Waals surface area contributed by atoms with E-state index < -0.39 is 11.7 Å². The zero-order valence-electron chi connectivity index (χ0n) is 18.7. The average Bonchev–Trinajstić information content (AvgIpc) is 2.71. The molecular formula is C23H29FIN5O2. The number of rotatable bonds is 6. The van der Waals surface area contributed by atoms with Crippen LogP contribution in [-0.4, -0.2) is 31.2 Å². The van der Waals surface area contributed by atoms with Gasteiger partial charge in [0.15, 0.2) is 5.96 Å². The van der Waals surface area contributed by atoms with Gasteiger partial charge in [0.1, 0.15) is 11.4 Å². The Morgan fingerprint density at radius 3 is 2.44 bits per heavy atom. The molecule has 0 bridgehead atoms. The minimum Gasteiger partial charge on any atom is -0.444 e. The van der Waals surface area contributed by atoms with Crippen molar-refractivity contribution < 1.29 is 13.9 Å². The van der Waals surface area contributed by atoms with E-state index in [-0.39, 0.29) is 36.3 Å². The highest BCUT2D eigenvalue weighted by atomic mass is 127. The van der Waals surface area contributed by atoms with E-state index in [0.717, 1.165) is 12.0 Å². The molecule has 32 heavy (non-hydrogen) atoms. The molecule has 0 aliphatic carbocycles. The topological polar surface area (TPSA) is 98.5 Å². The van der Waals surface area contributed by atoms with E-state index in [1.54, 1.807) is 7.05 Å². The van der Waals surface area contributed by atoms with Crippen molar-refractivity contribution in [3.05, 3.63) is 65.0 Å². The molecular weight excluding hydrogens is 524 g/mol. The van der Waals surface area contributed by atoms with E-state index in [9.17, 15) is 9.18 Å².